The Morgan fingerprint density at radius 3 is 2.64 bits per heavy atom. The summed E-state index contributed by atoms with van der Waals surface area (Å²) in [6, 6.07) is 7.13. The second kappa shape index (κ2) is 7.26. The predicted molar refractivity (Wildman–Crippen MR) is 83.7 cm³/mol. The van der Waals surface area contributed by atoms with Gasteiger partial charge in [-0.3, -0.25) is 9.59 Å². The number of rotatable bonds is 5. The number of nitrogens with two attached hydrogens (primary N) is 1. The monoisotopic (exact) mass is 306 g/mol. The second-order valence-electron chi connectivity index (χ2n) is 5.78. The van der Waals surface area contributed by atoms with Crippen LogP contribution in [0.25, 0.3) is 0 Å². The zero-order valence-corrected chi connectivity index (χ0v) is 13.1. The molecule has 0 unspecified atom stereocenters. The van der Waals surface area contributed by atoms with Crippen LogP contribution in [0.1, 0.15) is 19.8 Å². The molecule has 6 nitrogen and oxygen atoms in total. The number of hydrogen-bond acceptors (Lipinski definition) is 3. The number of amides is 2. The summed E-state index contributed by atoms with van der Waals surface area (Å²) in [4.78, 5) is 24.7. The van der Waals surface area contributed by atoms with Gasteiger partial charge in [-0.2, -0.15) is 0 Å². The SMILES string of the molecule is COc1cccc(NC(=O)[C@H](C)[NH+]2CCC(C(N)=O)CC2)c1. The van der Waals surface area contributed by atoms with Crippen LogP contribution in [0.3, 0.4) is 0 Å². The fourth-order valence-corrected chi connectivity index (χ4v) is 2.84. The van der Waals surface area contributed by atoms with Crippen molar-refractivity contribution in [1.82, 2.24) is 0 Å². The van der Waals surface area contributed by atoms with Crippen molar-refractivity contribution in [3.63, 3.8) is 0 Å². The number of ether oxygens (including phenoxy) is 1. The van der Waals surface area contributed by atoms with Crippen LogP contribution in [0.4, 0.5) is 5.69 Å². The first kappa shape index (κ1) is 16.3. The summed E-state index contributed by atoms with van der Waals surface area (Å²) in [7, 11) is 1.59. The van der Waals surface area contributed by atoms with E-state index in [9.17, 15) is 9.59 Å². The first-order valence-electron chi connectivity index (χ1n) is 7.60. The molecule has 1 aromatic rings. The van der Waals surface area contributed by atoms with Crippen molar-refractivity contribution >= 4 is 17.5 Å². The van der Waals surface area contributed by atoms with Gasteiger partial charge in [0.1, 0.15) is 5.75 Å². The molecule has 1 aliphatic rings. The molecule has 1 atom stereocenters. The van der Waals surface area contributed by atoms with E-state index in [1.54, 1.807) is 13.2 Å². The highest BCUT2D eigenvalue weighted by atomic mass is 16.5. The Morgan fingerprint density at radius 2 is 2.05 bits per heavy atom. The van der Waals surface area contributed by atoms with Crippen molar-refractivity contribution in [3.05, 3.63) is 24.3 Å². The third-order valence-electron chi connectivity index (χ3n) is 4.37. The molecule has 0 aliphatic carbocycles. The minimum absolute atomic E-state index is 0.0271. The van der Waals surface area contributed by atoms with E-state index < -0.39 is 0 Å². The highest BCUT2D eigenvalue weighted by Crippen LogP contribution is 2.16. The minimum Gasteiger partial charge on any atom is -0.497 e. The summed E-state index contributed by atoms with van der Waals surface area (Å²) in [6.45, 7) is 3.50. The van der Waals surface area contributed by atoms with Crippen LogP contribution in [0, 0.1) is 5.92 Å². The van der Waals surface area contributed by atoms with Gasteiger partial charge in [0.05, 0.1) is 20.2 Å². The van der Waals surface area contributed by atoms with Gasteiger partial charge in [0, 0.05) is 30.5 Å². The first-order valence-corrected chi connectivity index (χ1v) is 7.60. The first-order chi connectivity index (χ1) is 10.5. The van der Waals surface area contributed by atoms with Crippen molar-refractivity contribution in [2.75, 3.05) is 25.5 Å². The van der Waals surface area contributed by atoms with Gasteiger partial charge in [0.25, 0.3) is 5.91 Å². The van der Waals surface area contributed by atoms with Crippen LogP contribution in [0.2, 0.25) is 0 Å². The third-order valence-corrected chi connectivity index (χ3v) is 4.37. The van der Waals surface area contributed by atoms with Crippen molar-refractivity contribution in [3.8, 4) is 5.75 Å². The van der Waals surface area contributed by atoms with Gasteiger partial charge < -0.3 is 20.7 Å². The van der Waals surface area contributed by atoms with Crippen LogP contribution in [-0.4, -0.2) is 38.1 Å². The number of carbonyl (C=O) groups is 2. The molecule has 2 rings (SSSR count). The normalized spacial score (nSPS) is 22.6. The Hall–Kier alpha value is -2.08. The molecule has 0 saturated carbocycles. The van der Waals surface area contributed by atoms with E-state index in [-0.39, 0.29) is 23.8 Å². The maximum Gasteiger partial charge on any atom is 0.282 e. The summed E-state index contributed by atoms with van der Waals surface area (Å²) < 4.78 is 5.15. The van der Waals surface area contributed by atoms with Crippen LogP contribution < -0.4 is 20.7 Å². The predicted octanol–water partition coefficient (Wildman–Crippen LogP) is -0.198. The average Bonchev–Trinajstić information content (AvgIpc) is 2.54. The van der Waals surface area contributed by atoms with Crippen molar-refractivity contribution in [2.45, 2.75) is 25.8 Å². The summed E-state index contributed by atoms with van der Waals surface area (Å²) in [5, 5.41) is 2.92. The maximum atomic E-state index is 12.4. The lowest BCUT2D eigenvalue weighted by molar-refractivity contribution is -0.919. The third kappa shape index (κ3) is 3.98. The van der Waals surface area contributed by atoms with Crippen molar-refractivity contribution in [2.24, 2.45) is 11.7 Å². The number of methoxy groups -OCH3 is 1. The van der Waals surface area contributed by atoms with E-state index in [2.05, 4.69) is 5.32 Å². The number of piperidine rings is 1. The van der Waals surface area contributed by atoms with E-state index in [1.807, 2.05) is 25.1 Å². The number of primary amides is 1. The van der Waals surface area contributed by atoms with Gasteiger partial charge in [0.2, 0.25) is 5.91 Å². The number of nitrogens with one attached hydrogen (secondary N) is 2. The number of anilines is 1. The Morgan fingerprint density at radius 1 is 1.36 bits per heavy atom. The molecule has 22 heavy (non-hydrogen) atoms. The largest absolute Gasteiger partial charge is 0.497 e. The molecule has 6 heteroatoms. The molecule has 4 N–H and O–H groups in total. The number of quaternary nitrogens is 1. The molecule has 1 fully saturated rings. The molecule has 0 radical (unpaired) electrons. The number of likely N-dealkylation sites (tertiary alicyclic amines) is 1. The molecule has 1 heterocycles. The van der Waals surface area contributed by atoms with Crippen LogP contribution in [0.15, 0.2) is 24.3 Å². The molecule has 0 spiro atoms. The van der Waals surface area contributed by atoms with Crippen LogP contribution in [-0.2, 0) is 9.59 Å². The van der Waals surface area contributed by atoms with Crippen molar-refractivity contribution < 1.29 is 19.2 Å². The van der Waals surface area contributed by atoms with Gasteiger partial charge in [-0.05, 0) is 19.1 Å². The zero-order chi connectivity index (χ0) is 16.1. The lowest BCUT2D eigenvalue weighted by atomic mass is 9.95. The number of hydrogen-bond donors (Lipinski definition) is 3. The van der Waals surface area contributed by atoms with Gasteiger partial charge in [0.15, 0.2) is 6.04 Å². The Kier molecular flexibility index (Phi) is 5.38. The van der Waals surface area contributed by atoms with E-state index in [0.717, 1.165) is 31.6 Å². The molecule has 0 aromatic heterocycles. The highest BCUT2D eigenvalue weighted by Gasteiger charge is 2.31. The second-order valence-corrected chi connectivity index (χ2v) is 5.78. The molecule has 2 amide bonds. The molecule has 0 bridgehead atoms. The smallest absolute Gasteiger partial charge is 0.282 e. The van der Waals surface area contributed by atoms with Gasteiger partial charge in [-0.15, -0.1) is 0 Å². The molecule has 1 aliphatic heterocycles. The van der Waals surface area contributed by atoms with Crippen molar-refractivity contribution in [1.29, 1.82) is 0 Å². The quantitative estimate of drug-likeness (QED) is 0.704. The molecular weight excluding hydrogens is 282 g/mol. The Bertz CT molecular complexity index is 539. The average molecular weight is 306 g/mol. The Balaban J connectivity index is 1.91. The van der Waals surface area contributed by atoms with E-state index >= 15 is 0 Å². The fourth-order valence-electron chi connectivity index (χ4n) is 2.84. The molecule has 120 valence electrons. The fraction of sp³-hybridized carbons (Fsp3) is 0.500. The lowest BCUT2D eigenvalue weighted by Gasteiger charge is -2.31. The minimum atomic E-state index is -0.229. The van der Waals surface area contributed by atoms with E-state index in [1.165, 1.54) is 4.90 Å². The van der Waals surface area contributed by atoms with Crippen LogP contribution in [0.5, 0.6) is 5.75 Å². The lowest BCUT2D eigenvalue weighted by Crippen LogP contribution is -3.17. The van der Waals surface area contributed by atoms with E-state index in [4.69, 9.17) is 10.5 Å². The summed E-state index contributed by atoms with van der Waals surface area (Å²) >= 11 is 0. The van der Waals surface area contributed by atoms with Gasteiger partial charge in [-0.1, -0.05) is 6.07 Å². The zero-order valence-electron chi connectivity index (χ0n) is 13.1. The summed E-state index contributed by atoms with van der Waals surface area (Å²) in [5.74, 6) is 0.408. The van der Waals surface area contributed by atoms with E-state index in [0.29, 0.717) is 5.75 Å². The highest BCUT2D eigenvalue weighted by molar-refractivity contribution is 5.93. The summed E-state index contributed by atoms with van der Waals surface area (Å²) in [6.07, 6.45) is 1.50. The topological polar surface area (TPSA) is 85.9 Å². The van der Waals surface area contributed by atoms with Gasteiger partial charge >= 0.3 is 0 Å². The standard InChI is InChI=1S/C16H23N3O3/c1-11(19-8-6-12(7-9-19)15(17)20)16(21)18-13-4-3-5-14(10-13)22-2/h3-5,10-12H,6-9H2,1-2H3,(H2,17,20)(H,18,21)/p+1/t11-/m0/s1. The summed E-state index contributed by atoms with van der Waals surface area (Å²) in [5.41, 5.74) is 6.06. The van der Waals surface area contributed by atoms with Crippen LogP contribution >= 0.6 is 0 Å². The molecule has 1 saturated heterocycles. The number of carbonyl (C=O) groups excluding carboxylic acids is 2. The number of benzene rings is 1. The molecule has 1 aromatic carbocycles. The van der Waals surface area contributed by atoms with Gasteiger partial charge in [-0.25, -0.2) is 0 Å². The maximum absolute atomic E-state index is 12.4. The Labute approximate surface area is 130 Å². The molecular formula is C16H24N3O3+.